The van der Waals surface area contributed by atoms with Crippen LogP contribution in [0.5, 0.6) is 17.2 Å². The molecule has 3 aromatic carbocycles. The lowest BCUT2D eigenvalue weighted by Gasteiger charge is -2.23. The average Bonchev–Trinajstić information content (AvgIpc) is 3.73. The van der Waals surface area contributed by atoms with Gasteiger partial charge in [-0.1, -0.05) is 12.1 Å². The molecule has 0 bridgehead atoms. The van der Waals surface area contributed by atoms with E-state index in [0.717, 1.165) is 55.8 Å². The third-order valence-corrected chi connectivity index (χ3v) is 9.24. The van der Waals surface area contributed by atoms with E-state index < -0.39 is 28.0 Å². The summed E-state index contributed by atoms with van der Waals surface area (Å²) in [6, 6.07) is 14.0. The number of fused-ring (bicyclic) bond motifs is 2. The Hall–Kier alpha value is -4.99. The third kappa shape index (κ3) is 9.62. The molecule has 0 saturated carbocycles. The predicted molar refractivity (Wildman–Crippen MR) is 185 cm³/mol. The molecule has 0 spiro atoms. The SMILES string of the molecule is CN(C)C(=O)COc1cccc2c1CCN2.C[C@H](Oc1ccc(S(C)(=O)=O)cc1C(=O)N1CCc2c(OCC(=O)N(C)C)cccc21)C(F)(F)F. The second kappa shape index (κ2) is 15.9. The number of amides is 3. The van der Waals surface area contributed by atoms with Crippen LogP contribution < -0.4 is 24.4 Å². The molecule has 1 N–H and O–H groups in total. The molecule has 1 atom stereocenters. The Bertz CT molecular complexity index is 1880. The van der Waals surface area contributed by atoms with Gasteiger partial charge >= 0.3 is 6.18 Å². The van der Waals surface area contributed by atoms with E-state index in [-0.39, 0.29) is 47.8 Å². The molecule has 51 heavy (non-hydrogen) atoms. The van der Waals surface area contributed by atoms with Crippen LogP contribution in [0.3, 0.4) is 0 Å². The van der Waals surface area contributed by atoms with Crippen molar-refractivity contribution in [3.8, 4) is 17.2 Å². The van der Waals surface area contributed by atoms with E-state index in [2.05, 4.69) is 5.32 Å². The van der Waals surface area contributed by atoms with Gasteiger partial charge in [0, 0.05) is 64.4 Å². The zero-order valence-corrected chi connectivity index (χ0v) is 30.0. The van der Waals surface area contributed by atoms with Crippen LogP contribution in [-0.4, -0.2) is 109 Å². The van der Waals surface area contributed by atoms with Crippen LogP contribution >= 0.6 is 0 Å². The average molecular weight is 735 g/mol. The molecule has 12 nitrogen and oxygen atoms in total. The van der Waals surface area contributed by atoms with Crippen molar-refractivity contribution >= 4 is 38.9 Å². The summed E-state index contributed by atoms with van der Waals surface area (Å²) in [5.74, 6) is -0.169. The number of benzene rings is 3. The van der Waals surface area contributed by atoms with E-state index in [1.165, 1.54) is 20.3 Å². The van der Waals surface area contributed by atoms with Gasteiger partial charge in [0.15, 0.2) is 29.2 Å². The first-order chi connectivity index (χ1) is 23.9. The highest BCUT2D eigenvalue weighted by Crippen LogP contribution is 2.38. The number of nitrogens with one attached hydrogen (secondary N) is 1. The fourth-order valence-electron chi connectivity index (χ4n) is 5.14. The molecule has 0 saturated heterocycles. The molecule has 2 aliphatic rings. The van der Waals surface area contributed by atoms with Crippen molar-refractivity contribution in [1.29, 1.82) is 0 Å². The molecule has 3 amide bonds. The Morgan fingerprint density at radius 3 is 2.02 bits per heavy atom. The molecule has 5 rings (SSSR count). The Balaban J connectivity index is 0.000000302. The number of rotatable bonds is 10. The molecular formula is C35H41F3N4O8S. The zero-order valence-electron chi connectivity index (χ0n) is 29.2. The number of alkyl halides is 3. The lowest BCUT2D eigenvalue weighted by Crippen LogP contribution is -2.33. The molecule has 0 aromatic heterocycles. The van der Waals surface area contributed by atoms with Gasteiger partial charge in [0.25, 0.3) is 17.7 Å². The highest BCUT2D eigenvalue weighted by Gasteiger charge is 2.39. The first-order valence-corrected chi connectivity index (χ1v) is 17.8. The van der Waals surface area contributed by atoms with Crippen molar-refractivity contribution in [3.05, 3.63) is 71.3 Å². The number of ether oxygens (including phenoxy) is 3. The van der Waals surface area contributed by atoms with Gasteiger partial charge in [-0.05, 0) is 62.2 Å². The van der Waals surface area contributed by atoms with Crippen molar-refractivity contribution in [2.75, 3.05) is 71.0 Å². The number of likely N-dealkylation sites (N-methyl/N-ethyl adjacent to an activating group) is 2. The maximum absolute atomic E-state index is 13.5. The second-order valence-corrected chi connectivity index (χ2v) is 14.3. The van der Waals surface area contributed by atoms with Crippen LogP contribution in [0.15, 0.2) is 59.5 Å². The summed E-state index contributed by atoms with van der Waals surface area (Å²) < 4.78 is 79.6. The van der Waals surface area contributed by atoms with Gasteiger partial charge < -0.3 is 34.2 Å². The summed E-state index contributed by atoms with van der Waals surface area (Å²) >= 11 is 0. The van der Waals surface area contributed by atoms with Gasteiger partial charge in [-0.25, -0.2) is 8.42 Å². The van der Waals surface area contributed by atoms with Crippen molar-refractivity contribution < 1.29 is 50.2 Å². The first kappa shape index (κ1) is 38.8. The monoisotopic (exact) mass is 734 g/mol. The lowest BCUT2D eigenvalue weighted by molar-refractivity contribution is -0.189. The van der Waals surface area contributed by atoms with Gasteiger partial charge in [0.2, 0.25) is 0 Å². The van der Waals surface area contributed by atoms with Gasteiger partial charge in [-0.15, -0.1) is 0 Å². The van der Waals surface area contributed by atoms with E-state index in [1.807, 2.05) is 18.2 Å². The van der Waals surface area contributed by atoms with E-state index in [9.17, 15) is 36.0 Å². The van der Waals surface area contributed by atoms with Crippen LogP contribution in [-0.2, 0) is 32.3 Å². The number of sulfone groups is 1. The van der Waals surface area contributed by atoms with Crippen LogP contribution in [0.1, 0.15) is 28.4 Å². The first-order valence-electron chi connectivity index (χ1n) is 15.9. The van der Waals surface area contributed by atoms with Gasteiger partial charge in [0.1, 0.15) is 17.2 Å². The Labute approximate surface area is 295 Å². The van der Waals surface area contributed by atoms with Gasteiger partial charge in [0.05, 0.1) is 16.1 Å². The molecule has 3 aromatic rings. The molecule has 0 aliphatic carbocycles. The minimum absolute atomic E-state index is 0.0245. The summed E-state index contributed by atoms with van der Waals surface area (Å²) in [5.41, 5.74) is 3.08. The van der Waals surface area contributed by atoms with Gasteiger partial charge in [-0.3, -0.25) is 14.4 Å². The standard InChI is InChI=1S/C23H25F3N2O6S.C12H16N2O2/c1-14(23(24,25)26)34-20-9-8-15(35(4,31)32)12-17(20)22(30)28-11-10-16-18(28)6-5-7-19(16)33-13-21(29)27(2)3;1-14(2)12(15)8-16-11-5-3-4-10-9(11)6-7-13-10/h5-9,12,14H,10-11,13H2,1-4H3;3-5,13H,6-8H2,1-2H3/t14-;/m0./s1. The minimum atomic E-state index is -4.69. The largest absolute Gasteiger partial charge is 0.483 e. The molecule has 0 fully saturated rings. The molecule has 276 valence electrons. The van der Waals surface area contributed by atoms with Crippen molar-refractivity contribution in [2.45, 2.75) is 36.9 Å². The zero-order chi connectivity index (χ0) is 37.7. The molecule has 2 heterocycles. The minimum Gasteiger partial charge on any atom is -0.483 e. The van der Waals surface area contributed by atoms with Gasteiger partial charge in [-0.2, -0.15) is 13.2 Å². The molecule has 0 unspecified atom stereocenters. The van der Waals surface area contributed by atoms with E-state index in [1.54, 1.807) is 46.4 Å². The number of carbonyl (C=O) groups excluding carboxylic acids is 3. The molecule has 16 heteroatoms. The summed E-state index contributed by atoms with van der Waals surface area (Å²) in [6.07, 6.45) is -4.65. The van der Waals surface area contributed by atoms with Crippen LogP contribution in [0.2, 0.25) is 0 Å². The summed E-state index contributed by atoms with van der Waals surface area (Å²) in [6.45, 7) is 1.80. The van der Waals surface area contributed by atoms with E-state index in [4.69, 9.17) is 14.2 Å². The van der Waals surface area contributed by atoms with Crippen LogP contribution in [0.4, 0.5) is 24.5 Å². The predicted octanol–water partition coefficient (Wildman–Crippen LogP) is 4.21. The Morgan fingerprint density at radius 1 is 0.863 bits per heavy atom. The van der Waals surface area contributed by atoms with Crippen LogP contribution in [0.25, 0.3) is 0 Å². The lowest BCUT2D eigenvalue weighted by atomic mass is 10.1. The second-order valence-electron chi connectivity index (χ2n) is 12.3. The number of nitrogens with zero attached hydrogens (tertiary/aromatic N) is 3. The van der Waals surface area contributed by atoms with Crippen LogP contribution in [0, 0.1) is 0 Å². The number of halogens is 3. The Morgan fingerprint density at radius 2 is 1.45 bits per heavy atom. The van der Waals surface area contributed by atoms with E-state index in [0.29, 0.717) is 23.4 Å². The van der Waals surface area contributed by atoms with Crippen molar-refractivity contribution in [3.63, 3.8) is 0 Å². The van der Waals surface area contributed by atoms with Crippen molar-refractivity contribution in [1.82, 2.24) is 9.80 Å². The number of hydrogen-bond donors (Lipinski definition) is 1. The topological polar surface area (TPSA) is 135 Å². The number of anilines is 2. The molecule has 2 aliphatic heterocycles. The Kier molecular flexibility index (Phi) is 12.1. The highest BCUT2D eigenvalue weighted by molar-refractivity contribution is 7.90. The molecule has 0 radical (unpaired) electrons. The molecular weight excluding hydrogens is 693 g/mol. The van der Waals surface area contributed by atoms with E-state index >= 15 is 0 Å². The quantitative estimate of drug-likeness (QED) is 0.325. The third-order valence-electron chi connectivity index (χ3n) is 8.13. The fraction of sp³-hybridized carbons (Fsp3) is 0.400. The number of hydrogen-bond acceptors (Lipinski definition) is 9. The normalized spacial score (nSPS) is 13.9. The highest BCUT2D eigenvalue weighted by atomic mass is 32.2. The maximum Gasteiger partial charge on any atom is 0.425 e. The smallest absolute Gasteiger partial charge is 0.425 e. The van der Waals surface area contributed by atoms with Crippen molar-refractivity contribution in [2.24, 2.45) is 0 Å². The summed E-state index contributed by atoms with van der Waals surface area (Å²) in [7, 11) is 2.88. The fourth-order valence-corrected chi connectivity index (χ4v) is 5.79. The maximum atomic E-state index is 13.5. The number of carbonyl (C=O) groups is 3. The summed E-state index contributed by atoms with van der Waals surface area (Å²) in [4.78, 5) is 40.7. The summed E-state index contributed by atoms with van der Waals surface area (Å²) in [5, 5.41) is 3.28.